The number of hydrogen-bond acceptors (Lipinski definition) is 3. The lowest BCUT2D eigenvalue weighted by Crippen LogP contribution is -2.19. The molecular formula is C9H19O3P. The van der Waals surface area contributed by atoms with Gasteiger partial charge in [0.05, 0.1) is 18.8 Å². The highest BCUT2D eigenvalue weighted by molar-refractivity contribution is 7.41. The Morgan fingerprint density at radius 2 is 1.69 bits per heavy atom. The van der Waals surface area contributed by atoms with Gasteiger partial charge in [0.2, 0.25) is 0 Å². The highest BCUT2D eigenvalue weighted by atomic mass is 31.2. The van der Waals surface area contributed by atoms with Crippen LogP contribution in [0.15, 0.2) is 12.7 Å². The average Bonchev–Trinajstić information content (AvgIpc) is 2.05. The van der Waals surface area contributed by atoms with E-state index in [9.17, 15) is 0 Å². The molecule has 78 valence electrons. The van der Waals surface area contributed by atoms with Gasteiger partial charge in [-0.05, 0) is 27.7 Å². The first-order valence-electron chi connectivity index (χ1n) is 4.44. The van der Waals surface area contributed by atoms with E-state index in [1.54, 1.807) is 6.08 Å². The maximum Gasteiger partial charge on any atom is 0.333 e. The van der Waals surface area contributed by atoms with Crippen molar-refractivity contribution in [2.75, 3.05) is 13.2 Å². The molecule has 0 saturated heterocycles. The fourth-order valence-corrected chi connectivity index (χ4v) is 1.59. The number of hydrogen-bond donors (Lipinski definition) is 0. The van der Waals surface area contributed by atoms with Gasteiger partial charge in [-0.1, -0.05) is 6.08 Å². The minimum absolute atomic E-state index is 0.393. The first-order chi connectivity index (χ1) is 6.05. The molecule has 0 aliphatic rings. The standard InChI is InChI=1S/C9H19O3P/c1-6-9(4,5)12-13(10-7-2)11-8-3/h6H,1,7-8H2,2-5H3. The molecule has 0 unspecified atom stereocenters. The molecule has 4 heteroatoms. The van der Waals surface area contributed by atoms with Crippen molar-refractivity contribution in [3.8, 4) is 0 Å². The highest BCUT2D eigenvalue weighted by Crippen LogP contribution is 2.43. The molecule has 0 radical (unpaired) electrons. The Morgan fingerprint density at radius 1 is 1.23 bits per heavy atom. The summed E-state index contributed by atoms with van der Waals surface area (Å²) in [5, 5.41) is 0. The van der Waals surface area contributed by atoms with Crippen LogP contribution >= 0.6 is 8.60 Å². The first-order valence-corrected chi connectivity index (χ1v) is 5.54. The van der Waals surface area contributed by atoms with Crippen molar-refractivity contribution < 1.29 is 13.6 Å². The largest absolute Gasteiger partial charge is 0.333 e. The maximum absolute atomic E-state index is 5.57. The molecule has 0 rings (SSSR count). The van der Waals surface area contributed by atoms with E-state index in [4.69, 9.17) is 13.6 Å². The summed E-state index contributed by atoms with van der Waals surface area (Å²) in [5.74, 6) is 0. The molecular weight excluding hydrogens is 187 g/mol. The van der Waals surface area contributed by atoms with Crippen molar-refractivity contribution >= 4 is 8.60 Å². The van der Waals surface area contributed by atoms with Crippen LogP contribution in [0, 0.1) is 0 Å². The van der Waals surface area contributed by atoms with E-state index in [-0.39, 0.29) is 0 Å². The molecule has 0 bridgehead atoms. The Balaban J connectivity index is 3.99. The molecule has 0 amide bonds. The van der Waals surface area contributed by atoms with Gasteiger partial charge in [0.25, 0.3) is 0 Å². The molecule has 0 aromatic rings. The third kappa shape index (κ3) is 6.17. The van der Waals surface area contributed by atoms with E-state index in [1.807, 2.05) is 27.7 Å². The van der Waals surface area contributed by atoms with Gasteiger partial charge in [0, 0.05) is 0 Å². The molecule has 13 heavy (non-hydrogen) atoms. The zero-order valence-corrected chi connectivity index (χ0v) is 9.77. The lowest BCUT2D eigenvalue weighted by atomic mass is 10.1. The van der Waals surface area contributed by atoms with E-state index in [0.717, 1.165) is 0 Å². The molecule has 0 aromatic carbocycles. The second kappa shape index (κ2) is 6.50. The quantitative estimate of drug-likeness (QED) is 0.472. The van der Waals surface area contributed by atoms with Crippen LogP contribution in [0.25, 0.3) is 0 Å². The Hall–Kier alpha value is 0.0500. The first kappa shape index (κ1) is 13.1. The zero-order valence-electron chi connectivity index (χ0n) is 8.87. The fourth-order valence-electron chi connectivity index (χ4n) is 0.530. The van der Waals surface area contributed by atoms with Gasteiger partial charge < -0.3 is 13.6 Å². The summed E-state index contributed by atoms with van der Waals surface area (Å²) in [7, 11) is -1.23. The summed E-state index contributed by atoms with van der Waals surface area (Å²) in [5.41, 5.74) is -0.393. The van der Waals surface area contributed by atoms with Crippen LogP contribution in [0.2, 0.25) is 0 Å². The van der Waals surface area contributed by atoms with Crippen molar-refractivity contribution in [2.24, 2.45) is 0 Å². The second-order valence-corrected chi connectivity index (χ2v) is 4.10. The summed E-state index contributed by atoms with van der Waals surface area (Å²) in [6.45, 7) is 12.6. The van der Waals surface area contributed by atoms with Gasteiger partial charge in [0.15, 0.2) is 0 Å². The van der Waals surface area contributed by atoms with Gasteiger partial charge in [-0.25, -0.2) is 0 Å². The molecule has 0 fully saturated rings. The maximum atomic E-state index is 5.57. The van der Waals surface area contributed by atoms with Gasteiger partial charge in [0.1, 0.15) is 0 Å². The van der Waals surface area contributed by atoms with Crippen molar-refractivity contribution in [2.45, 2.75) is 33.3 Å². The minimum Gasteiger partial charge on any atom is -0.313 e. The summed E-state index contributed by atoms with van der Waals surface area (Å²) in [6, 6.07) is 0. The van der Waals surface area contributed by atoms with E-state index >= 15 is 0 Å². The van der Waals surface area contributed by atoms with Crippen LogP contribution in [0.4, 0.5) is 0 Å². The summed E-state index contributed by atoms with van der Waals surface area (Å²) in [6.07, 6.45) is 1.74. The predicted molar refractivity (Wildman–Crippen MR) is 55.5 cm³/mol. The van der Waals surface area contributed by atoms with Gasteiger partial charge in [-0.2, -0.15) is 0 Å². The van der Waals surface area contributed by atoms with Gasteiger partial charge >= 0.3 is 8.60 Å². The molecule has 0 heterocycles. The Labute approximate surface area is 82.1 Å². The average molecular weight is 206 g/mol. The van der Waals surface area contributed by atoms with Gasteiger partial charge in [-0.3, -0.25) is 0 Å². The molecule has 0 atom stereocenters. The van der Waals surface area contributed by atoms with Crippen LogP contribution in [0.5, 0.6) is 0 Å². The highest BCUT2D eigenvalue weighted by Gasteiger charge is 2.22. The van der Waals surface area contributed by atoms with Crippen LogP contribution < -0.4 is 0 Å². The molecule has 0 aromatic heterocycles. The molecule has 0 aliphatic carbocycles. The monoisotopic (exact) mass is 206 g/mol. The second-order valence-electron chi connectivity index (χ2n) is 2.96. The normalized spacial score (nSPS) is 12.1. The molecule has 3 nitrogen and oxygen atoms in total. The summed E-state index contributed by atoms with van der Waals surface area (Å²) >= 11 is 0. The van der Waals surface area contributed by atoms with Crippen LogP contribution in [0.1, 0.15) is 27.7 Å². The van der Waals surface area contributed by atoms with Crippen molar-refractivity contribution in [3.05, 3.63) is 12.7 Å². The van der Waals surface area contributed by atoms with Crippen molar-refractivity contribution in [1.29, 1.82) is 0 Å². The van der Waals surface area contributed by atoms with E-state index in [0.29, 0.717) is 13.2 Å². The predicted octanol–water partition coefficient (Wildman–Crippen LogP) is 3.27. The van der Waals surface area contributed by atoms with Crippen LogP contribution in [-0.4, -0.2) is 18.8 Å². The van der Waals surface area contributed by atoms with Crippen molar-refractivity contribution in [1.82, 2.24) is 0 Å². The summed E-state index contributed by atoms with van der Waals surface area (Å²) < 4.78 is 16.2. The van der Waals surface area contributed by atoms with E-state index in [2.05, 4.69) is 6.58 Å². The smallest absolute Gasteiger partial charge is 0.313 e. The third-order valence-corrected chi connectivity index (χ3v) is 2.83. The number of rotatable bonds is 7. The summed E-state index contributed by atoms with van der Waals surface area (Å²) in [4.78, 5) is 0. The van der Waals surface area contributed by atoms with Gasteiger partial charge in [-0.15, -0.1) is 6.58 Å². The van der Waals surface area contributed by atoms with E-state index < -0.39 is 14.2 Å². The molecule has 0 N–H and O–H groups in total. The minimum atomic E-state index is -1.23. The lowest BCUT2D eigenvalue weighted by Gasteiger charge is -2.25. The molecule has 0 aliphatic heterocycles. The Morgan fingerprint density at radius 3 is 2.00 bits per heavy atom. The van der Waals surface area contributed by atoms with Crippen LogP contribution in [0.3, 0.4) is 0 Å². The molecule has 0 saturated carbocycles. The fraction of sp³-hybridized carbons (Fsp3) is 0.778. The molecule has 0 spiro atoms. The third-order valence-electron chi connectivity index (χ3n) is 1.27. The SMILES string of the molecule is C=CC(C)(C)OP(OCC)OCC. The van der Waals surface area contributed by atoms with Crippen LogP contribution in [-0.2, 0) is 13.6 Å². The van der Waals surface area contributed by atoms with Crippen molar-refractivity contribution in [3.63, 3.8) is 0 Å². The lowest BCUT2D eigenvalue weighted by molar-refractivity contribution is 0.0989. The Kier molecular flexibility index (Phi) is 6.52. The topological polar surface area (TPSA) is 27.7 Å². The van der Waals surface area contributed by atoms with E-state index in [1.165, 1.54) is 0 Å². The zero-order chi connectivity index (χ0) is 10.3. The Bertz CT molecular complexity index is 142.